The molecule has 25 heavy (non-hydrogen) atoms. The predicted octanol–water partition coefficient (Wildman–Crippen LogP) is 4.25. The van der Waals surface area contributed by atoms with Gasteiger partial charge in [0.05, 0.1) is 12.1 Å². The summed E-state index contributed by atoms with van der Waals surface area (Å²) in [6.45, 7) is 3.12. The smallest absolute Gasteiger partial charge is 0.224 e. The Morgan fingerprint density at radius 3 is 2.68 bits per heavy atom. The summed E-state index contributed by atoms with van der Waals surface area (Å²) in [5, 5.41) is 3.32. The number of hydrogen-bond acceptors (Lipinski definition) is 4. The number of carbonyl (C=O) groups is 1. The SMILES string of the molecule is COc1ccc(NC(=O)CC(C)c2ccc3c(c2)OCCO3)cc1Cl. The number of carbonyl (C=O) groups excluding carboxylic acids is 1. The molecule has 0 saturated heterocycles. The van der Waals surface area contributed by atoms with Crippen LogP contribution in [-0.4, -0.2) is 26.2 Å². The minimum absolute atomic E-state index is 0.0459. The second-order valence-electron chi connectivity index (χ2n) is 5.91. The summed E-state index contributed by atoms with van der Waals surface area (Å²) in [4.78, 5) is 12.3. The van der Waals surface area contributed by atoms with Crippen molar-refractivity contribution in [1.29, 1.82) is 0 Å². The minimum Gasteiger partial charge on any atom is -0.495 e. The molecule has 6 heteroatoms. The average Bonchev–Trinajstić information content (AvgIpc) is 2.61. The summed E-state index contributed by atoms with van der Waals surface area (Å²) in [5.41, 5.74) is 1.68. The molecule has 1 aliphatic heterocycles. The van der Waals surface area contributed by atoms with Crippen LogP contribution in [0.5, 0.6) is 17.2 Å². The first-order valence-electron chi connectivity index (χ1n) is 8.09. The molecule has 1 atom stereocenters. The van der Waals surface area contributed by atoms with Gasteiger partial charge in [-0.3, -0.25) is 4.79 Å². The highest BCUT2D eigenvalue weighted by Gasteiger charge is 2.17. The van der Waals surface area contributed by atoms with Crippen LogP contribution in [0.1, 0.15) is 24.8 Å². The van der Waals surface area contributed by atoms with E-state index in [0.29, 0.717) is 36.1 Å². The van der Waals surface area contributed by atoms with E-state index in [1.165, 1.54) is 0 Å². The van der Waals surface area contributed by atoms with Crippen LogP contribution in [0.2, 0.25) is 5.02 Å². The van der Waals surface area contributed by atoms with Gasteiger partial charge in [-0.05, 0) is 41.8 Å². The lowest BCUT2D eigenvalue weighted by Gasteiger charge is -2.20. The van der Waals surface area contributed by atoms with Gasteiger partial charge in [-0.2, -0.15) is 0 Å². The van der Waals surface area contributed by atoms with E-state index >= 15 is 0 Å². The van der Waals surface area contributed by atoms with Crippen molar-refractivity contribution in [3.63, 3.8) is 0 Å². The molecule has 0 aliphatic carbocycles. The number of fused-ring (bicyclic) bond motifs is 1. The van der Waals surface area contributed by atoms with E-state index in [4.69, 9.17) is 25.8 Å². The van der Waals surface area contributed by atoms with Crippen molar-refractivity contribution < 1.29 is 19.0 Å². The summed E-state index contributed by atoms with van der Waals surface area (Å²) in [6, 6.07) is 11.0. The number of amides is 1. The molecular weight excluding hydrogens is 342 g/mol. The molecule has 0 aromatic heterocycles. The first-order chi connectivity index (χ1) is 12.1. The maximum atomic E-state index is 12.3. The van der Waals surface area contributed by atoms with Crippen molar-refractivity contribution >= 4 is 23.2 Å². The van der Waals surface area contributed by atoms with Gasteiger partial charge in [0.1, 0.15) is 19.0 Å². The Labute approximate surface area is 151 Å². The number of nitrogens with one attached hydrogen (secondary N) is 1. The van der Waals surface area contributed by atoms with Crippen LogP contribution in [0.3, 0.4) is 0 Å². The fourth-order valence-electron chi connectivity index (χ4n) is 2.72. The third-order valence-corrected chi connectivity index (χ3v) is 4.36. The Kier molecular flexibility index (Phi) is 5.34. The molecule has 132 valence electrons. The van der Waals surface area contributed by atoms with Crippen molar-refractivity contribution in [2.24, 2.45) is 0 Å². The molecule has 0 fully saturated rings. The fourth-order valence-corrected chi connectivity index (χ4v) is 2.98. The molecular formula is C19H20ClNO4. The van der Waals surface area contributed by atoms with Gasteiger partial charge in [0.2, 0.25) is 5.91 Å². The van der Waals surface area contributed by atoms with E-state index in [9.17, 15) is 4.79 Å². The summed E-state index contributed by atoms with van der Waals surface area (Å²) in [6.07, 6.45) is 0.350. The van der Waals surface area contributed by atoms with Crippen molar-refractivity contribution in [3.05, 3.63) is 47.0 Å². The molecule has 0 spiro atoms. The average molecular weight is 362 g/mol. The Morgan fingerprint density at radius 1 is 1.20 bits per heavy atom. The summed E-state index contributed by atoms with van der Waals surface area (Å²) >= 11 is 6.08. The summed E-state index contributed by atoms with van der Waals surface area (Å²) < 4.78 is 16.2. The Hall–Kier alpha value is -2.40. The molecule has 3 rings (SSSR count). The number of benzene rings is 2. The zero-order valence-corrected chi connectivity index (χ0v) is 14.9. The fraction of sp³-hybridized carbons (Fsp3) is 0.316. The normalized spacial score (nSPS) is 13.9. The van der Waals surface area contributed by atoms with Crippen molar-refractivity contribution in [2.75, 3.05) is 25.6 Å². The summed E-state index contributed by atoms with van der Waals surface area (Å²) in [7, 11) is 1.55. The zero-order valence-electron chi connectivity index (χ0n) is 14.2. The third-order valence-electron chi connectivity index (χ3n) is 4.06. The van der Waals surface area contributed by atoms with Gasteiger partial charge < -0.3 is 19.5 Å². The Morgan fingerprint density at radius 2 is 1.96 bits per heavy atom. The van der Waals surface area contributed by atoms with Gasteiger partial charge in [0, 0.05) is 12.1 Å². The van der Waals surface area contributed by atoms with Gasteiger partial charge in [-0.25, -0.2) is 0 Å². The number of halogens is 1. The molecule has 1 aliphatic rings. The quantitative estimate of drug-likeness (QED) is 0.864. The zero-order chi connectivity index (χ0) is 17.8. The standard InChI is InChI=1S/C19H20ClNO4/c1-12(13-3-5-17-18(10-13)25-8-7-24-17)9-19(22)21-14-4-6-16(23-2)15(20)11-14/h3-6,10-12H,7-9H2,1-2H3,(H,21,22). The van der Waals surface area contributed by atoms with E-state index in [-0.39, 0.29) is 11.8 Å². The maximum Gasteiger partial charge on any atom is 0.224 e. The topological polar surface area (TPSA) is 56.8 Å². The second kappa shape index (κ2) is 7.66. The number of methoxy groups -OCH3 is 1. The van der Waals surface area contributed by atoms with E-state index in [2.05, 4.69) is 5.32 Å². The van der Waals surface area contributed by atoms with E-state index in [1.807, 2.05) is 25.1 Å². The minimum atomic E-state index is -0.0800. The van der Waals surface area contributed by atoms with Crippen LogP contribution in [0.25, 0.3) is 0 Å². The Balaban J connectivity index is 1.63. The first kappa shape index (κ1) is 17.4. The van der Waals surface area contributed by atoms with Crippen molar-refractivity contribution in [2.45, 2.75) is 19.3 Å². The lowest BCUT2D eigenvalue weighted by Crippen LogP contribution is -2.16. The van der Waals surface area contributed by atoms with Gasteiger partial charge in [-0.15, -0.1) is 0 Å². The highest BCUT2D eigenvalue weighted by atomic mass is 35.5. The van der Waals surface area contributed by atoms with Gasteiger partial charge in [-0.1, -0.05) is 24.6 Å². The highest BCUT2D eigenvalue weighted by Crippen LogP contribution is 2.34. The van der Waals surface area contributed by atoms with Gasteiger partial charge in [0.25, 0.3) is 0 Å². The van der Waals surface area contributed by atoms with Gasteiger partial charge >= 0.3 is 0 Å². The molecule has 1 heterocycles. The second-order valence-corrected chi connectivity index (χ2v) is 6.31. The molecule has 1 unspecified atom stereocenters. The van der Waals surface area contributed by atoms with E-state index in [1.54, 1.807) is 25.3 Å². The molecule has 2 aromatic carbocycles. The molecule has 5 nitrogen and oxygen atoms in total. The summed E-state index contributed by atoms with van der Waals surface area (Å²) in [5.74, 6) is 2.02. The van der Waals surface area contributed by atoms with Gasteiger partial charge in [0.15, 0.2) is 11.5 Å². The van der Waals surface area contributed by atoms with Crippen LogP contribution < -0.4 is 19.5 Å². The van der Waals surface area contributed by atoms with E-state index < -0.39 is 0 Å². The van der Waals surface area contributed by atoms with Crippen LogP contribution in [-0.2, 0) is 4.79 Å². The first-order valence-corrected chi connectivity index (χ1v) is 8.47. The molecule has 1 amide bonds. The molecule has 2 aromatic rings. The Bertz CT molecular complexity index is 778. The van der Waals surface area contributed by atoms with Crippen LogP contribution in [0, 0.1) is 0 Å². The van der Waals surface area contributed by atoms with Crippen LogP contribution >= 0.6 is 11.6 Å². The number of rotatable bonds is 5. The van der Waals surface area contributed by atoms with E-state index in [0.717, 1.165) is 17.1 Å². The molecule has 1 N–H and O–H groups in total. The third kappa shape index (κ3) is 4.17. The molecule has 0 bridgehead atoms. The maximum absolute atomic E-state index is 12.3. The number of anilines is 1. The highest BCUT2D eigenvalue weighted by molar-refractivity contribution is 6.32. The lowest BCUT2D eigenvalue weighted by molar-refractivity contribution is -0.116. The molecule has 0 radical (unpaired) electrons. The number of hydrogen-bond donors (Lipinski definition) is 1. The monoisotopic (exact) mass is 361 g/mol. The van der Waals surface area contributed by atoms with Crippen molar-refractivity contribution in [1.82, 2.24) is 0 Å². The lowest BCUT2D eigenvalue weighted by atomic mass is 9.97. The van der Waals surface area contributed by atoms with Crippen LogP contribution in [0.15, 0.2) is 36.4 Å². The molecule has 0 saturated carbocycles. The predicted molar refractivity (Wildman–Crippen MR) is 97.1 cm³/mol. The largest absolute Gasteiger partial charge is 0.495 e. The van der Waals surface area contributed by atoms with Crippen LogP contribution in [0.4, 0.5) is 5.69 Å². The number of ether oxygens (including phenoxy) is 3. The van der Waals surface area contributed by atoms with Crippen molar-refractivity contribution in [3.8, 4) is 17.2 Å².